The van der Waals surface area contributed by atoms with E-state index >= 15 is 0 Å². The molecule has 1 unspecified atom stereocenters. The third kappa shape index (κ3) is 4.45. The molecule has 1 saturated heterocycles. The van der Waals surface area contributed by atoms with E-state index < -0.39 is 12.1 Å². The molecule has 2 aliphatic heterocycles. The highest BCUT2D eigenvalue weighted by Gasteiger charge is 2.50. The van der Waals surface area contributed by atoms with E-state index in [9.17, 15) is 18.0 Å². The minimum atomic E-state index is -5.08. The number of nitrogens with zero attached hydrogens (tertiary/aromatic N) is 5. The highest BCUT2D eigenvalue weighted by atomic mass is 19.4. The Hall–Kier alpha value is -3.89. The Labute approximate surface area is 199 Å². The lowest BCUT2D eigenvalue weighted by Crippen LogP contribution is -2.53. The van der Waals surface area contributed by atoms with Crippen LogP contribution in [0.3, 0.4) is 0 Å². The van der Waals surface area contributed by atoms with Crippen LogP contribution in [0.4, 0.5) is 18.9 Å². The average molecular weight is 487 g/mol. The summed E-state index contributed by atoms with van der Waals surface area (Å²) in [6, 6.07) is 13.9. The summed E-state index contributed by atoms with van der Waals surface area (Å²) in [5.41, 5.74) is 2.62. The third-order valence-corrected chi connectivity index (χ3v) is 6.14. The molecule has 1 amide bonds. The number of carboxylic acid groups (broad SMARTS) is 1. The molecule has 0 bridgehead atoms. The minimum Gasteiger partial charge on any atom is -0.475 e. The number of aromatic nitrogens is 3. The number of aliphatic carboxylic acids is 1. The van der Waals surface area contributed by atoms with Gasteiger partial charge in [-0.1, -0.05) is 13.0 Å². The van der Waals surface area contributed by atoms with E-state index in [1.165, 1.54) is 5.69 Å². The second-order valence-corrected chi connectivity index (χ2v) is 8.29. The van der Waals surface area contributed by atoms with Crippen LogP contribution in [0, 0.1) is 0 Å². The Morgan fingerprint density at radius 3 is 2.49 bits per heavy atom. The molecule has 0 aliphatic carbocycles. The van der Waals surface area contributed by atoms with Gasteiger partial charge in [0.05, 0.1) is 11.4 Å². The zero-order valence-electron chi connectivity index (χ0n) is 18.9. The molecule has 1 fully saturated rings. The van der Waals surface area contributed by atoms with Crippen molar-refractivity contribution in [3.05, 3.63) is 72.4 Å². The lowest BCUT2D eigenvalue weighted by Gasteiger charge is -2.47. The molecular weight excluding hydrogens is 463 g/mol. The van der Waals surface area contributed by atoms with Crippen LogP contribution in [0.25, 0.3) is 5.82 Å². The fourth-order valence-corrected chi connectivity index (χ4v) is 4.70. The fraction of sp³-hybridized carbons (Fsp3) is 0.333. The van der Waals surface area contributed by atoms with Crippen molar-refractivity contribution < 1.29 is 27.9 Å². The molecule has 0 saturated carbocycles. The number of carboxylic acids is 1. The maximum Gasteiger partial charge on any atom is 0.490 e. The highest BCUT2D eigenvalue weighted by Crippen LogP contribution is 2.47. The Morgan fingerprint density at radius 2 is 1.83 bits per heavy atom. The normalized spacial score (nSPS) is 18.5. The second kappa shape index (κ2) is 9.40. The van der Waals surface area contributed by atoms with Gasteiger partial charge in [0.2, 0.25) is 0 Å². The van der Waals surface area contributed by atoms with E-state index in [1.54, 1.807) is 12.3 Å². The molecule has 8 nitrogen and oxygen atoms in total. The summed E-state index contributed by atoms with van der Waals surface area (Å²) in [5, 5.41) is 7.12. The summed E-state index contributed by atoms with van der Waals surface area (Å²) in [7, 11) is 0. The minimum absolute atomic E-state index is 0.00372. The molecule has 0 aromatic carbocycles. The summed E-state index contributed by atoms with van der Waals surface area (Å²) in [4.78, 5) is 35.3. The first-order valence-corrected chi connectivity index (χ1v) is 11.1. The number of fused-ring (bicyclic) bond motifs is 4. The first-order chi connectivity index (χ1) is 16.7. The molecule has 2 aliphatic rings. The molecule has 1 spiro atoms. The van der Waals surface area contributed by atoms with Crippen molar-refractivity contribution in [2.24, 2.45) is 0 Å². The van der Waals surface area contributed by atoms with Crippen molar-refractivity contribution in [2.75, 3.05) is 24.5 Å². The van der Waals surface area contributed by atoms with Crippen LogP contribution in [0.5, 0.6) is 0 Å². The largest absolute Gasteiger partial charge is 0.490 e. The van der Waals surface area contributed by atoms with Crippen molar-refractivity contribution >= 4 is 17.6 Å². The molecule has 0 radical (unpaired) electrons. The van der Waals surface area contributed by atoms with Gasteiger partial charge in [0.25, 0.3) is 5.91 Å². The van der Waals surface area contributed by atoms with Crippen molar-refractivity contribution in [1.82, 2.24) is 19.4 Å². The van der Waals surface area contributed by atoms with E-state index in [-0.39, 0.29) is 11.4 Å². The maximum absolute atomic E-state index is 13.1. The van der Waals surface area contributed by atoms with Gasteiger partial charge in [-0.05, 0) is 49.2 Å². The Morgan fingerprint density at radius 1 is 1.09 bits per heavy atom. The average Bonchev–Trinajstić information content (AvgIpc) is 3.51. The number of carbonyl (C=O) groups is 2. The molecule has 35 heavy (non-hydrogen) atoms. The molecule has 11 heteroatoms. The first kappa shape index (κ1) is 24.2. The van der Waals surface area contributed by atoms with Gasteiger partial charge < -0.3 is 19.5 Å². The molecule has 3 aromatic rings. The van der Waals surface area contributed by atoms with E-state index in [1.807, 2.05) is 29.3 Å². The molecule has 1 atom stereocenters. The third-order valence-electron chi connectivity index (χ3n) is 6.14. The number of alkyl halides is 3. The van der Waals surface area contributed by atoms with Crippen molar-refractivity contribution in [2.45, 2.75) is 31.5 Å². The van der Waals surface area contributed by atoms with Gasteiger partial charge in [-0.2, -0.15) is 13.2 Å². The monoisotopic (exact) mass is 487 g/mol. The lowest BCUT2D eigenvalue weighted by atomic mass is 9.88. The maximum atomic E-state index is 13.1. The number of likely N-dealkylation sites (tertiary alicyclic amines) is 1. The summed E-state index contributed by atoms with van der Waals surface area (Å²) in [5.74, 6) is -1.78. The topological polar surface area (TPSA) is 91.6 Å². The first-order valence-electron chi connectivity index (χ1n) is 11.1. The number of amides is 1. The lowest BCUT2D eigenvalue weighted by molar-refractivity contribution is -0.192. The number of halogens is 3. The number of hydrogen-bond acceptors (Lipinski definition) is 5. The number of pyridine rings is 2. The van der Waals surface area contributed by atoms with Crippen molar-refractivity contribution in [3.63, 3.8) is 0 Å². The van der Waals surface area contributed by atoms with Crippen LogP contribution < -0.4 is 4.90 Å². The van der Waals surface area contributed by atoms with Gasteiger partial charge in [-0.15, -0.1) is 0 Å². The zero-order valence-corrected chi connectivity index (χ0v) is 18.9. The van der Waals surface area contributed by atoms with Crippen molar-refractivity contribution in [1.29, 1.82) is 0 Å². The van der Waals surface area contributed by atoms with E-state index in [0.29, 0.717) is 12.2 Å². The fourth-order valence-electron chi connectivity index (χ4n) is 4.70. The zero-order chi connectivity index (χ0) is 25.2. The summed E-state index contributed by atoms with van der Waals surface area (Å²) < 4.78 is 33.9. The van der Waals surface area contributed by atoms with Crippen LogP contribution in [-0.4, -0.2) is 62.2 Å². The van der Waals surface area contributed by atoms with E-state index in [2.05, 4.69) is 50.8 Å². The molecule has 1 N–H and O–H groups in total. The van der Waals surface area contributed by atoms with Crippen molar-refractivity contribution in [3.8, 4) is 5.82 Å². The highest BCUT2D eigenvalue weighted by molar-refractivity contribution is 5.92. The van der Waals surface area contributed by atoms with Gasteiger partial charge in [0.15, 0.2) is 5.82 Å². The summed E-state index contributed by atoms with van der Waals surface area (Å²) >= 11 is 0. The Kier molecular flexibility index (Phi) is 6.51. The van der Waals surface area contributed by atoms with Gasteiger partial charge in [0, 0.05) is 38.2 Å². The Balaban J connectivity index is 0.000000364. The summed E-state index contributed by atoms with van der Waals surface area (Å²) in [6.45, 7) is 4.50. The Bertz CT molecular complexity index is 1210. The predicted molar refractivity (Wildman–Crippen MR) is 121 cm³/mol. The summed E-state index contributed by atoms with van der Waals surface area (Å²) in [6.07, 6.45) is 2.44. The number of rotatable bonds is 3. The molecule has 5 heterocycles. The number of anilines is 1. The second-order valence-electron chi connectivity index (χ2n) is 8.29. The van der Waals surface area contributed by atoms with Gasteiger partial charge in [-0.3, -0.25) is 9.78 Å². The predicted octanol–water partition coefficient (Wildman–Crippen LogP) is 3.87. The van der Waals surface area contributed by atoms with Gasteiger partial charge >= 0.3 is 12.1 Å². The molecule has 5 rings (SSSR count). The SMILES string of the molecule is CCCN1c2cccnc2-n2cccc2C12CCN(C(=O)c1ccccn1)C2.O=C(O)C(F)(F)F. The van der Waals surface area contributed by atoms with Gasteiger partial charge in [0.1, 0.15) is 11.2 Å². The molecule has 3 aromatic heterocycles. The van der Waals surface area contributed by atoms with Gasteiger partial charge in [-0.25, -0.2) is 9.78 Å². The van der Waals surface area contributed by atoms with E-state index in [4.69, 9.17) is 9.90 Å². The standard InChI is InChI=1S/C22H23N5O.C2HF3O2/c1-2-13-27-18-8-5-12-24-20(18)26-14-6-9-19(26)22(27)10-15-25(16-22)21(28)17-7-3-4-11-23-17;3-2(4,5)1(6)7/h3-9,11-12,14H,2,10,13,15-16H2,1H3;(H,6,7). The molecule has 184 valence electrons. The van der Waals surface area contributed by atoms with Crippen LogP contribution in [-0.2, 0) is 10.3 Å². The van der Waals surface area contributed by atoms with Crippen LogP contribution in [0.15, 0.2) is 61.1 Å². The smallest absolute Gasteiger partial charge is 0.475 e. The van der Waals surface area contributed by atoms with Crippen LogP contribution >= 0.6 is 0 Å². The van der Waals surface area contributed by atoms with Crippen LogP contribution in [0.1, 0.15) is 35.9 Å². The van der Waals surface area contributed by atoms with E-state index in [0.717, 1.165) is 37.4 Å². The number of carbonyl (C=O) groups excluding carboxylic acids is 1. The number of hydrogen-bond donors (Lipinski definition) is 1. The quantitative estimate of drug-likeness (QED) is 0.603. The molecular formula is C24H24F3N5O3. The van der Waals surface area contributed by atoms with Crippen LogP contribution in [0.2, 0.25) is 0 Å².